The highest BCUT2D eigenvalue weighted by molar-refractivity contribution is 7.89. The first-order valence-electron chi connectivity index (χ1n) is 6.82. The highest BCUT2D eigenvalue weighted by atomic mass is 32.2. The highest BCUT2D eigenvalue weighted by Crippen LogP contribution is 2.28. The molecule has 0 saturated carbocycles. The van der Waals surface area contributed by atoms with Gasteiger partial charge in [-0.25, -0.2) is 13.2 Å². The van der Waals surface area contributed by atoms with Crippen LogP contribution < -0.4 is 0 Å². The first-order chi connectivity index (χ1) is 9.87. The van der Waals surface area contributed by atoms with Gasteiger partial charge in [-0.05, 0) is 43.4 Å². The van der Waals surface area contributed by atoms with Crippen molar-refractivity contribution in [3.63, 3.8) is 0 Å². The van der Waals surface area contributed by atoms with Gasteiger partial charge in [0.2, 0.25) is 10.0 Å². The van der Waals surface area contributed by atoms with Gasteiger partial charge in [0.25, 0.3) is 0 Å². The summed E-state index contributed by atoms with van der Waals surface area (Å²) < 4.78 is 26.7. The third-order valence-corrected chi connectivity index (χ3v) is 5.93. The largest absolute Gasteiger partial charge is 0.478 e. The van der Waals surface area contributed by atoms with Crippen molar-refractivity contribution in [2.45, 2.75) is 24.7 Å². The van der Waals surface area contributed by atoms with E-state index in [1.165, 1.54) is 29.4 Å². The quantitative estimate of drug-likeness (QED) is 0.848. The second-order valence-electron chi connectivity index (χ2n) is 5.26. The Morgan fingerprint density at radius 1 is 1.43 bits per heavy atom. The number of hydrogen-bond donors (Lipinski definition) is 2. The van der Waals surface area contributed by atoms with Crippen LogP contribution in [0.4, 0.5) is 0 Å². The molecule has 7 heteroatoms. The SMILES string of the molecule is Cc1c(C(=O)O)cccc1S(=O)(=O)N1CCC(CCO)C1. The summed E-state index contributed by atoms with van der Waals surface area (Å²) in [5.74, 6) is -0.975. The third-order valence-electron chi connectivity index (χ3n) is 3.92. The van der Waals surface area contributed by atoms with Gasteiger partial charge >= 0.3 is 5.97 Å². The maximum Gasteiger partial charge on any atom is 0.335 e. The molecule has 21 heavy (non-hydrogen) atoms. The fourth-order valence-electron chi connectivity index (χ4n) is 2.70. The van der Waals surface area contributed by atoms with Crippen LogP contribution in [0.1, 0.15) is 28.8 Å². The van der Waals surface area contributed by atoms with Crippen LogP contribution in [-0.4, -0.2) is 48.6 Å². The summed E-state index contributed by atoms with van der Waals surface area (Å²) in [4.78, 5) is 11.2. The fourth-order valence-corrected chi connectivity index (χ4v) is 4.48. The third kappa shape index (κ3) is 3.09. The van der Waals surface area contributed by atoms with Crippen molar-refractivity contribution in [3.8, 4) is 0 Å². The van der Waals surface area contributed by atoms with Gasteiger partial charge in [-0.1, -0.05) is 6.07 Å². The van der Waals surface area contributed by atoms with E-state index >= 15 is 0 Å². The maximum absolute atomic E-state index is 12.7. The summed E-state index contributed by atoms with van der Waals surface area (Å²) in [5.41, 5.74) is 0.262. The van der Waals surface area contributed by atoms with E-state index in [2.05, 4.69) is 0 Å². The first kappa shape index (κ1) is 15.9. The summed E-state index contributed by atoms with van der Waals surface area (Å²) in [6.45, 7) is 2.34. The number of carboxylic acid groups (broad SMARTS) is 1. The molecule has 1 saturated heterocycles. The number of rotatable bonds is 5. The number of benzene rings is 1. The Kier molecular flexibility index (Phi) is 4.65. The number of aliphatic hydroxyl groups excluding tert-OH is 1. The molecular weight excluding hydrogens is 294 g/mol. The zero-order valence-corrected chi connectivity index (χ0v) is 12.6. The van der Waals surface area contributed by atoms with Crippen molar-refractivity contribution in [1.82, 2.24) is 4.31 Å². The van der Waals surface area contributed by atoms with Gasteiger partial charge < -0.3 is 10.2 Å². The van der Waals surface area contributed by atoms with Crippen LogP contribution in [0.15, 0.2) is 23.1 Å². The topological polar surface area (TPSA) is 94.9 Å². The molecular formula is C14H19NO5S. The molecule has 6 nitrogen and oxygen atoms in total. The molecule has 1 atom stereocenters. The summed E-state index contributed by atoms with van der Waals surface area (Å²) in [6.07, 6.45) is 1.30. The predicted molar refractivity (Wildman–Crippen MR) is 76.7 cm³/mol. The number of carbonyl (C=O) groups is 1. The number of aliphatic hydroxyl groups is 1. The number of nitrogens with zero attached hydrogens (tertiary/aromatic N) is 1. The van der Waals surface area contributed by atoms with E-state index < -0.39 is 16.0 Å². The molecule has 1 aromatic rings. The van der Waals surface area contributed by atoms with E-state index in [1.807, 2.05) is 0 Å². The Morgan fingerprint density at radius 2 is 2.14 bits per heavy atom. The first-order valence-corrected chi connectivity index (χ1v) is 8.26. The van der Waals surface area contributed by atoms with Gasteiger partial charge in [-0.15, -0.1) is 0 Å². The van der Waals surface area contributed by atoms with Crippen molar-refractivity contribution in [2.24, 2.45) is 5.92 Å². The summed E-state index contributed by atoms with van der Waals surface area (Å²) >= 11 is 0. The molecule has 0 aromatic heterocycles. The lowest BCUT2D eigenvalue weighted by Crippen LogP contribution is -2.30. The second-order valence-corrected chi connectivity index (χ2v) is 7.17. The lowest BCUT2D eigenvalue weighted by Gasteiger charge is -2.18. The van der Waals surface area contributed by atoms with E-state index in [4.69, 9.17) is 10.2 Å². The van der Waals surface area contributed by atoms with E-state index in [0.29, 0.717) is 19.5 Å². The Labute approximate surface area is 124 Å². The van der Waals surface area contributed by atoms with Crippen LogP contribution >= 0.6 is 0 Å². The molecule has 0 aliphatic carbocycles. The van der Waals surface area contributed by atoms with Gasteiger partial charge in [0, 0.05) is 19.7 Å². The number of carboxylic acids is 1. The van der Waals surface area contributed by atoms with E-state index in [0.717, 1.165) is 6.42 Å². The number of aromatic carboxylic acids is 1. The van der Waals surface area contributed by atoms with E-state index in [1.54, 1.807) is 0 Å². The molecule has 1 aromatic carbocycles. The Bertz CT molecular complexity index is 641. The minimum Gasteiger partial charge on any atom is -0.478 e. The molecule has 2 rings (SSSR count). The van der Waals surface area contributed by atoms with E-state index in [-0.39, 0.29) is 28.5 Å². The number of hydrogen-bond acceptors (Lipinski definition) is 4. The average molecular weight is 313 g/mol. The van der Waals surface area contributed by atoms with Gasteiger partial charge in [-0.3, -0.25) is 0 Å². The Balaban J connectivity index is 2.33. The van der Waals surface area contributed by atoms with E-state index in [9.17, 15) is 13.2 Å². The molecule has 2 N–H and O–H groups in total. The molecule has 0 bridgehead atoms. The predicted octanol–water partition coefficient (Wildman–Crippen LogP) is 1.09. The average Bonchev–Trinajstić information content (AvgIpc) is 2.88. The summed E-state index contributed by atoms with van der Waals surface area (Å²) in [5, 5.41) is 18.0. The zero-order chi connectivity index (χ0) is 15.6. The highest BCUT2D eigenvalue weighted by Gasteiger charge is 2.33. The minimum absolute atomic E-state index is 0.00202. The van der Waals surface area contributed by atoms with Crippen molar-refractivity contribution in [3.05, 3.63) is 29.3 Å². The molecule has 1 fully saturated rings. The second kappa shape index (κ2) is 6.13. The molecule has 1 aliphatic rings. The van der Waals surface area contributed by atoms with Gasteiger partial charge in [0.1, 0.15) is 0 Å². The normalized spacial score (nSPS) is 19.8. The molecule has 0 radical (unpaired) electrons. The van der Waals surface area contributed by atoms with Crippen molar-refractivity contribution in [1.29, 1.82) is 0 Å². The molecule has 0 spiro atoms. The minimum atomic E-state index is -3.69. The van der Waals surface area contributed by atoms with Crippen molar-refractivity contribution < 1.29 is 23.4 Å². The molecule has 1 aliphatic heterocycles. The number of sulfonamides is 1. The summed E-state index contributed by atoms with van der Waals surface area (Å²) in [7, 11) is -3.69. The lowest BCUT2D eigenvalue weighted by molar-refractivity contribution is 0.0695. The van der Waals surface area contributed by atoms with Gasteiger partial charge in [0.05, 0.1) is 10.5 Å². The Hall–Kier alpha value is -1.44. The fraction of sp³-hybridized carbons (Fsp3) is 0.500. The van der Waals surface area contributed by atoms with Gasteiger partial charge in [-0.2, -0.15) is 4.31 Å². The lowest BCUT2D eigenvalue weighted by atomic mass is 10.1. The van der Waals surface area contributed by atoms with Crippen LogP contribution in [0.25, 0.3) is 0 Å². The molecule has 0 amide bonds. The molecule has 1 unspecified atom stereocenters. The molecule has 1 heterocycles. The van der Waals surface area contributed by atoms with Crippen molar-refractivity contribution >= 4 is 16.0 Å². The van der Waals surface area contributed by atoms with Crippen LogP contribution in [-0.2, 0) is 10.0 Å². The smallest absolute Gasteiger partial charge is 0.335 e. The maximum atomic E-state index is 12.7. The van der Waals surface area contributed by atoms with Crippen LogP contribution in [0.2, 0.25) is 0 Å². The summed E-state index contributed by atoms with van der Waals surface area (Å²) in [6, 6.07) is 4.29. The standard InChI is InChI=1S/C14H19NO5S/c1-10-12(14(17)18)3-2-4-13(10)21(19,20)15-7-5-11(9-15)6-8-16/h2-4,11,16H,5-9H2,1H3,(H,17,18). The zero-order valence-electron chi connectivity index (χ0n) is 11.8. The van der Waals surface area contributed by atoms with Crippen LogP contribution in [0, 0.1) is 12.8 Å². The molecule has 116 valence electrons. The van der Waals surface area contributed by atoms with Crippen LogP contribution in [0.5, 0.6) is 0 Å². The van der Waals surface area contributed by atoms with Crippen molar-refractivity contribution in [2.75, 3.05) is 19.7 Å². The Morgan fingerprint density at radius 3 is 2.76 bits per heavy atom. The van der Waals surface area contributed by atoms with Gasteiger partial charge in [0.15, 0.2) is 0 Å². The monoisotopic (exact) mass is 313 g/mol. The van der Waals surface area contributed by atoms with Crippen LogP contribution in [0.3, 0.4) is 0 Å².